The molecular formula is C13H23N3. The first-order valence-electron chi connectivity index (χ1n) is 5.92. The summed E-state index contributed by atoms with van der Waals surface area (Å²) in [7, 11) is 4.25. The molecule has 0 spiro atoms. The Balaban J connectivity index is 2.38. The van der Waals surface area contributed by atoms with E-state index in [-0.39, 0.29) is 0 Å². The summed E-state index contributed by atoms with van der Waals surface area (Å²) >= 11 is 0. The molecule has 0 saturated heterocycles. The molecule has 0 aliphatic heterocycles. The van der Waals surface area contributed by atoms with Crippen LogP contribution in [0.4, 0.5) is 0 Å². The third kappa shape index (κ3) is 3.91. The van der Waals surface area contributed by atoms with Crippen molar-refractivity contribution in [2.75, 3.05) is 20.6 Å². The number of rotatable bonds is 6. The van der Waals surface area contributed by atoms with Gasteiger partial charge in [-0.15, -0.1) is 0 Å². The van der Waals surface area contributed by atoms with E-state index in [2.05, 4.69) is 49.2 Å². The average Bonchev–Trinajstić information content (AvgIpc) is 2.26. The first-order valence-corrected chi connectivity index (χ1v) is 5.92. The lowest BCUT2D eigenvalue weighted by Crippen LogP contribution is -2.37. The van der Waals surface area contributed by atoms with Crippen molar-refractivity contribution < 1.29 is 0 Å². The van der Waals surface area contributed by atoms with E-state index in [1.54, 1.807) is 0 Å². The van der Waals surface area contributed by atoms with Gasteiger partial charge in [0.05, 0.1) is 5.69 Å². The van der Waals surface area contributed by atoms with Crippen LogP contribution < -0.4 is 5.32 Å². The van der Waals surface area contributed by atoms with Gasteiger partial charge in [0, 0.05) is 25.3 Å². The minimum Gasteiger partial charge on any atom is -0.310 e. The van der Waals surface area contributed by atoms with Gasteiger partial charge in [-0.2, -0.15) is 0 Å². The summed E-state index contributed by atoms with van der Waals surface area (Å²) in [6.45, 7) is 6.20. The predicted octanol–water partition coefficient (Wildman–Crippen LogP) is 1.82. The Morgan fingerprint density at radius 2 is 2.19 bits per heavy atom. The summed E-state index contributed by atoms with van der Waals surface area (Å²) in [5, 5.41) is 3.47. The SMILES string of the molecule is CCC(CNCc1ncccc1C)N(C)C. The summed E-state index contributed by atoms with van der Waals surface area (Å²) < 4.78 is 0. The first kappa shape index (κ1) is 13.1. The summed E-state index contributed by atoms with van der Waals surface area (Å²) in [5.74, 6) is 0. The summed E-state index contributed by atoms with van der Waals surface area (Å²) in [4.78, 5) is 6.63. The molecule has 0 radical (unpaired) electrons. The molecule has 0 fully saturated rings. The van der Waals surface area contributed by atoms with Gasteiger partial charge in [-0.3, -0.25) is 4.98 Å². The molecule has 1 N–H and O–H groups in total. The van der Waals surface area contributed by atoms with Crippen molar-refractivity contribution in [3.05, 3.63) is 29.6 Å². The second-order valence-corrected chi connectivity index (χ2v) is 4.42. The van der Waals surface area contributed by atoms with Gasteiger partial charge in [0.15, 0.2) is 0 Å². The second kappa shape index (κ2) is 6.61. The van der Waals surface area contributed by atoms with Gasteiger partial charge in [0.2, 0.25) is 0 Å². The molecule has 1 rings (SSSR count). The number of aryl methyl sites for hydroxylation is 1. The molecule has 1 aromatic rings. The van der Waals surface area contributed by atoms with E-state index in [1.807, 2.05) is 12.3 Å². The molecule has 0 aliphatic rings. The Labute approximate surface area is 98.9 Å². The van der Waals surface area contributed by atoms with Crippen LogP contribution in [0.15, 0.2) is 18.3 Å². The number of aromatic nitrogens is 1. The lowest BCUT2D eigenvalue weighted by Gasteiger charge is -2.23. The fourth-order valence-electron chi connectivity index (χ4n) is 1.75. The number of pyridine rings is 1. The maximum absolute atomic E-state index is 4.37. The first-order chi connectivity index (χ1) is 7.65. The van der Waals surface area contributed by atoms with Crippen molar-refractivity contribution in [3.8, 4) is 0 Å². The highest BCUT2D eigenvalue weighted by atomic mass is 15.1. The van der Waals surface area contributed by atoms with Crippen molar-refractivity contribution in [2.24, 2.45) is 0 Å². The molecule has 0 bridgehead atoms. The smallest absolute Gasteiger partial charge is 0.0570 e. The van der Waals surface area contributed by atoms with E-state index in [0.717, 1.165) is 18.8 Å². The van der Waals surface area contributed by atoms with Gasteiger partial charge in [-0.05, 0) is 39.1 Å². The highest BCUT2D eigenvalue weighted by Crippen LogP contribution is 2.03. The molecule has 3 heteroatoms. The highest BCUT2D eigenvalue weighted by molar-refractivity contribution is 5.17. The summed E-state index contributed by atoms with van der Waals surface area (Å²) in [6, 6.07) is 4.69. The maximum Gasteiger partial charge on any atom is 0.0570 e. The fourth-order valence-corrected chi connectivity index (χ4v) is 1.75. The zero-order chi connectivity index (χ0) is 12.0. The quantitative estimate of drug-likeness (QED) is 0.794. The molecule has 1 heterocycles. The Morgan fingerprint density at radius 1 is 1.44 bits per heavy atom. The fraction of sp³-hybridized carbons (Fsp3) is 0.615. The molecule has 1 unspecified atom stereocenters. The van der Waals surface area contributed by atoms with E-state index in [4.69, 9.17) is 0 Å². The van der Waals surface area contributed by atoms with Gasteiger partial charge in [0.25, 0.3) is 0 Å². The van der Waals surface area contributed by atoms with E-state index >= 15 is 0 Å². The van der Waals surface area contributed by atoms with Crippen molar-refractivity contribution >= 4 is 0 Å². The highest BCUT2D eigenvalue weighted by Gasteiger charge is 2.08. The van der Waals surface area contributed by atoms with Crippen LogP contribution in [-0.2, 0) is 6.54 Å². The zero-order valence-electron chi connectivity index (χ0n) is 10.8. The molecule has 1 atom stereocenters. The molecule has 0 aromatic carbocycles. The zero-order valence-corrected chi connectivity index (χ0v) is 10.8. The van der Waals surface area contributed by atoms with Crippen molar-refractivity contribution in [2.45, 2.75) is 32.9 Å². The maximum atomic E-state index is 4.37. The van der Waals surface area contributed by atoms with Crippen LogP contribution in [0.3, 0.4) is 0 Å². The van der Waals surface area contributed by atoms with Crippen LogP contribution in [0, 0.1) is 6.92 Å². The third-order valence-corrected chi connectivity index (χ3v) is 2.99. The summed E-state index contributed by atoms with van der Waals surface area (Å²) in [5.41, 5.74) is 2.41. The summed E-state index contributed by atoms with van der Waals surface area (Å²) in [6.07, 6.45) is 3.02. The van der Waals surface area contributed by atoms with Crippen LogP contribution in [0.1, 0.15) is 24.6 Å². The number of hydrogen-bond donors (Lipinski definition) is 1. The van der Waals surface area contributed by atoms with Crippen LogP contribution in [0.2, 0.25) is 0 Å². The van der Waals surface area contributed by atoms with Gasteiger partial charge >= 0.3 is 0 Å². The van der Waals surface area contributed by atoms with Gasteiger partial charge in [0.1, 0.15) is 0 Å². The lowest BCUT2D eigenvalue weighted by atomic mass is 10.2. The van der Waals surface area contributed by atoms with Crippen LogP contribution in [0.25, 0.3) is 0 Å². The van der Waals surface area contributed by atoms with Gasteiger partial charge in [-0.25, -0.2) is 0 Å². The Kier molecular flexibility index (Phi) is 5.43. The van der Waals surface area contributed by atoms with Crippen LogP contribution in [-0.4, -0.2) is 36.6 Å². The Hall–Kier alpha value is -0.930. The average molecular weight is 221 g/mol. The third-order valence-electron chi connectivity index (χ3n) is 2.99. The number of likely N-dealkylation sites (N-methyl/N-ethyl adjacent to an activating group) is 1. The Bertz CT molecular complexity index is 310. The van der Waals surface area contributed by atoms with Crippen LogP contribution >= 0.6 is 0 Å². The van der Waals surface area contributed by atoms with Crippen LogP contribution in [0.5, 0.6) is 0 Å². The van der Waals surface area contributed by atoms with Crippen molar-refractivity contribution in [1.29, 1.82) is 0 Å². The number of nitrogens with one attached hydrogen (secondary N) is 1. The normalized spacial score (nSPS) is 13.1. The predicted molar refractivity (Wildman–Crippen MR) is 68.4 cm³/mol. The Morgan fingerprint density at radius 3 is 2.75 bits per heavy atom. The molecule has 90 valence electrons. The van der Waals surface area contributed by atoms with Crippen molar-refractivity contribution in [3.63, 3.8) is 0 Å². The minimum absolute atomic E-state index is 0.601. The van der Waals surface area contributed by atoms with E-state index in [1.165, 1.54) is 12.0 Å². The molecular weight excluding hydrogens is 198 g/mol. The lowest BCUT2D eigenvalue weighted by molar-refractivity contribution is 0.275. The molecule has 16 heavy (non-hydrogen) atoms. The number of hydrogen-bond acceptors (Lipinski definition) is 3. The molecule has 0 aliphatic carbocycles. The molecule has 0 amide bonds. The topological polar surface area (TPSA) is 28.2 Å². The van der Waals surface area contributed by atoms with E-state index in [0.29, 0.717) is 6.04 Å². The van der Waals surface area contributed by atoms with E-state index in [9.17, 15) is 0 Å². The van der Waals surface area contributed by atoms with Gasteiger partial charge < -0.3 is 10.2 Å². The standard InChI is InChI=1S/C13H23N3/c1-5-12(16(3)4)9-14-10-13-11(2)7-6-8-15-13/h6-8,12,14H,5,9-10H2,1-4H3. The molecule has 0 saturated carbocycles. The largest absolute Gasteiger partial charge is 0.310 e. The second-order valence-electron chi connectivity index (χ2n) is 4.42. The molecule has 3 nitrogen and oxygen atoms in total. The number of nitrogens with zero attached hydrogens (tertiary/aromatic N) is 2. The molecule has 1 aromatic heterocycles. The van der Waals surface area contributed by atoms with Gasteiger partial charge in [-0.1, -0.05) is 13.0 Å². The van der Waals surface area contributed by atoms with E-state index < -0.39 is 0 Å². The van der Waals surface area contributed by atoms with Crippen molar-refractivity contribution in [1.82, 2.24) is 15.2 Å². The minimum atomic E-state index is 0.601. The monoisotopic (exact) mass is 221 g/mol.